The molecule has 0 saturated carbocycles. The molecule has 10 heteroatoms. The Morgan fingerprint density at radius 1 is 0.714 bits per heavy atom. The van der Waals surface area contributed by atoms with Gasteiger partial charge in [-0.25, -0.2) is 4.57 Å². The molecule has 248 valence electrons. The lowest BCUT2D eigenvalue weighted by molar-refractivity contribution is -0.870. The summed E-state index contributed by atoms with van der Waals surface area (Å²) in [6.07, 6.45) is 21.3. The first-order valence-corrected chi connectivity index (χ1v) is 17.9. The summed E-state index contributed by atoms with van der Waals surface area (Å²) in [6, 6.07) is 0. The summed E-state index contributed by atoms with van der Waals surface area (Å²) in [6.45, 7) is 4.28. The maximum atomic E-state index is 12.5. The van der Waals surface area contributed by atoms with Gasteiger partial charge in [0.1, 0.15) is 19.8 Å². The van der Waals surface area contributed by atoms with E-state index in [-0.39, 0.29) is 32.0 Å². The van der Waals surface area contributed by atoms with Crippen LogP contribution in [-0.2, 0) is 32.7 Å². The summed E-state index contributed by atoms with van der Waals surface area (Å²) in [5.74, 6) is -0.818. The average molecular weight is 621 g/mol. The summed E-state index contributed by atoms with van der Waals surface area (Å²) >= 11 is 0. The molecule has 0 fully saturated rings. The molecule has 0 aliphatic rings. The number of ether oxygens (including phenoxy) is 2. The van der Waals surface area contributed by atoms with Crippen molar-refractivity contribution in [1.82, 2.24) is 0 Å². The zero-order chi connectivity index (χ0) is 31.5. The van der Waals surface area contributed by atoms with Crippen LogP contribution >= 0.6 is 7.82 Å². The van der Waals surface area contributed by atoms with Gasteiger partial charge in [0.15, 0.2) is 6.10 Å². The molecule has 0 bridgehead atoms. The van der Waals surface area contributed by atoms with Crippen molar-refractivity contribution < 1.29 is 42.1 Å². The second-order valence-electron chi connectivity index (χ2n) is 12.2. The number of carbonyl (C=O) groups is 2. The van der Waals surface area contributed by atoms with Crippen LogP contribution in [0.25, 0.3) is 0 Å². The summed E-state index contributed by atoms with van der Waals surface area (Å²) in [4.78, 5) is 34.8. The quantitative estimate of drug-likeness (QED) is 0.0296. The number of unbranched alkanes of at least 4 members (excludes halogenated alkanes) is 13. The SMILES string of the molecule is CCC/C=C\CCCCCCCC(=O)O[C@H](COC(=O)CCCCCCCCCC)COP(=O)(O)OCC[N+](C)(C)C. The number of carbonyl (C=O) groups excluding carboxylic acids is 2. The Kier molecular flexibility index (Phi) is 25.4. The zero-order valence-corrected chi connectivity index (χ0v) is 28.4. The van der Waals surface area contributed by atoms with Gasteiger partial charge in [-0.05, 0) is 32.1 Å². The average Bonchev–Trinajstić information content (AvgIpc) is 2.92. The Balaban J connectivity index is 4.54. The largest absolute Gasteiger partial charge is 0.472 e. The fraction of sp³-hybridized carbons (Fsp3) is 0.875. The molecule has 42 heavy (non-hydrogen) atoms. The van der Waals surface area contributed by atoms with E-state index in [2.05, 4.69) is 26.0 Å². The van der Waals surface area contributed by atoms with Crippen LogP contribution in [0.4, 0.5) is 0 Å². The van der Waals surface area contributed by atoms with E-state index in [9.17, 15) is 19.0 Å². The van der Waals surface area contributed by atoms with Gasteiger partial charge in [0.2, 0.25) is 0 Å². The fourth-order valence-corrected chi connectivity index (χ4v) is 4.87. The van der Waals surface area contributed by atoms with E-state index >= 15 is 0 Å². The predicted octanol–water partition coefficient (Wildman–Crippen LogP) is 7.90. The topological polar surface area (TPSA) is 108 Å². The van der Waals surface area contributed by atoms with Gasteiger partial charge in [0, 0.05) is 12.8 Å². The van der Waals surface area contributed by atoms with Gasteiger partial charge in [-0.2, -0.15) is 0 Å². The van der Waals surface area contributed by atoms with Crippen molar-refractivity contribution >= 4 is 19.8 Å². The Morgan fingerprint density at radius 3 is 1.86 bits per heavy atom. The molecular formula is C32H63NO8P+. The number of esters is 2. The van der Waals surface area contributed by atoms with Gasteiger partial charge in [-0.15, -0.1) is 0 Å². The van der Waals surface area contributed by atoms with Crippen LogP contribution in [0.2, 0.25) is 0 Å². The molecule has 0 aliphatic carbocycles. The smallest absolute Gasteiger partial charge is 0.462 e. The molecule has 0 amide bonds. The number of likely N-dealkylation sites (N-methyl/N-ethyl adjacent to an activating group) is 1. The highest BCUT2D eigenvalue weighted by atomic mass is 31.2. The van der Waals surface area contributed by atoms with Crippen molar-refractivity contribution in [1.29, 1.82) is 0 Å². The molecule has 1 N–H and O–H groups in total. The lowest BCUT2D eigenvalue weighted by atomic mass is 10.1. The number of hydrogen-bond donors (Lipinski definition) is 1. The number of nitrogens with zero attached hydrogens (tertiary/aromatic N) is 1. The maximum Gasteiger partial charge on any atom is 0.472 e. The van der Waals surface area contributed by atoms with Crippen molar-refractivity contribution in [2.24, 2.45) is 0 Å². The maximum absolute atomic E-state index is 12.5. The molecule has 0 aliphatic heterocycles. The highest BCUT2D eigenvalue weighted by Gasteiger charge is 2.27. The molecule has 0 saturated heterocycles. The summed E-state index contributed by atoms with van der Waals surface area (Å²) in [5.41, 5.74) is 0. The van der Waals surface area contributed by atoms with Crippen molar-refractivity contribution in [3.05, 3.63) is 12.2 Å². The van der Waals surface area contributed by atoms with E-state index < -0.39 is 26.5 Å². The predicted molar refractivity (Wildman–Crippen MR) is 169 cm³/mol. The number of hydrogen-bond acceptors (Lipinski definition) is 7. The third-order valence-electron chi connectivity index (χ3n) is 6.78. The summed E-state index contributed by atoms with van der Waals surface area (Å²) in [7, 11) is 1.47. The van der Waals surface area contributed by atoms with E-state index in [0.717, 1.165) is 57.8 Å². The van der Waals surface area contributed by atoms with Crippen molar-refractivity contribution in [2.45, 2.75) is 136 Å². The third-order valence-corrected chi connectivity index (χ3v) is 7.76. The lowest BCUT2D eigenvalue weighted by Crippen LogP contribution is -2.37. The van der Waals surface area contributed by atoms with Gasteiger partial charge >= 0.3 is 19.8 Å². The Bertz CT molecular complexity index is 753. The first-order valence-electron chi connectivity index (χ1n) is 16.4. The number of rotatable bonds is 29. The van der Waals surface area contributed by atoms with Crippen molar-refractivity contribution in [3.8, 4) is 0 Å². The Labute approximate surface area is 256 Å². The van der Waals surface area contributed by atoms with Crippen LogP contribution in [0.1, 0.15) is 129 Å². The van der Waals surface area contributed by atoms with Crippen LogP contribution in [0.15, 0.2) is 12.2 Å². The molecule has 0 aromatic carbocycles. The number of quaternary nitrogens is 1. The molecule has 0 rings (SSSR count). The fourth-order valence-electron chi connectivity index (χ4n) is 4.13. The zero-order valence-electron chi connectivity index (χ0n) is 27.5. The molecule has 0 aromatic heterocycles. The van der Waals surface area contributed by atoms with Crippen molar-refractivity contribution in [3.63, 3.8) is 0 Å². The van der Waals surface area contributed by atoms with Gasteiger partial charge < -0.3 is 18.9 Å². The monoisotopic (exact) mass is 620 g/mol. The number of allylic oxidation sites excluding steroid dienone is 2. The van der Waals surface area contributed by atoms with Crippen LogP contribution in [0, 0.1) is 0 Å². The number of phosphoric acid groups is 1. The third kappa shape index (κ3) is 28.9. The highest BCUT2D eigenvalue weighted by molar-refractivity contribution is 7.47. The van der Waals surface area contributed by atoms with Crippen LogP contribution < -0.4 is 0 Å². The van der Waals surface area contributed by atoms with Crippen LogP contribution in [0.3, 0.4) is 0 Å². The second kappa shape index (κ2) is 26.2. The molecule has 0 radical (unpaired) electrons. The molecule has 2 atom stereocenters. The normalized spacial score (nSPS) is 14.1. The lowest BCUT2D eigenvalue weighted by Gasteiger charge is -2.24. The molecular weight excluding hydrogens is 557 g/mol. The van der Waals surface area contributed by atoms with E-state index in [1.807, 2.05) is 21.1 Å². The molecule has 9 nitrogen and oxygen atoms in total. The van der Waals surface area contributed by atoms with E-state index in [0.29, 0.717) is 17.4 Å². The van der Waals surface area contributed by atoms with Gasteiger partial charge in [-0.3, -0.25) is 18.6 Å². The summed E-state index contributed by atoms with van der Waals surface area (Å²) in [5, 5.41) is 0. The first-order chi connectivity index (χ1) is 20.0. The minimum Gasteiger partial charge on any atom is -0.462 e. The second-order valence-corrected chi connectivity index (χ2v) is 13.7. The minimum atomic E-state index is -4.35. The van der Waals surface area contributed by atoms with Gasteiger partial charge in [0.25, 0.3) is 0 Å². The first kappa shape index (κ1) is 40.8. The van der Waals surface area contributed by atoms with E-state index in [1.165, 1.54) is 38.5 Å². The van der Waals surface area contributed by atoms with Gasteiger partial charge in [-0.1, -0.05) is 96.6 Å². The highest BCUT2D eigenvalue weighted by Crippen LogP contribution is 2.43. The van der Waals surface area contributed by atoms with E-state index in [1.54, 1.807) is 0 Å². The summed E-state index contributed by atoms with van der Waals surface area (Å²) < 4.78 is 33.9. The van der Waals surface area contributed by atoms with Crippen LogP contribution in [0.5, 0.6) is 0 Å². The molecule has 0 spiro atoms. The molecule has 0 aromatic rings. The van der Waals surface area contributed by atoms with Crippen LogP contribution in [-0.4, -0.2) is 74.9 Å². The Morgan fingerprint density at radius 2 is 1.26 bits per heavy atom. The minimum absolute atomic E-state index is 0.0321. The molecule has 1 unspecified atom stereocenters. The Hall–Kier alpha value is -1.25. The standard InChI is InChI=1S/C32H62NO8P/c1-6-8-10-12-14-16-17-19-21-23-25-32(35)41-30(29-40-42(36,37)39-27-26-33(3,4)5)28-38-31(34)24-22-20-18-15-13-11-9-7-2/h10,12,30H,6-9,11,13-29H2,1-5H3/p+1/b12-10-/t30-/m1/s1. The van der Waals surface area contributed by atoms with Crippen molar-refractivity contribution in [2.75, 3.05) is 47.5 Å². The van der Waals surface area contributed by atoms with E-state index in [4.69, 9.17) is 18.5 Å². The van der Waals surface area contributed by atoms with Gasteiger partial charge in [0.05, 0.1) is 27.7 Å². The molecule has 0 heterocycles. The number of phosphoric ester groups is 1.